The van der Waals surface area contributed by atoms with Crippen molar-refractivity contribution < 1.29 is 4.79 Å². The van der Waals surface area contributed by atoms with Crippen molar-refractivity contribution in [3.8, 4) is 0 Å². The number of imidazole rings is 1. The molecule has 82 valence electrons. The standard InChI is InChI=1S/C11H12N4O/c12-10-14(6-7-15(10)11(13)16)8-9-4-2-1-3-5-9/h1-7,12H,8H2,(H2,13,16). The summed E-state index contributed by atoms with van der Waals surface area (Å²) in [5.74, 6) is 0. The van der Waals surface area contributed by atoms with E-state index in [2.05, 4.69) is 0 Å². The van der Waals surface area contributed by atoms with Crippen molar-refractivity contribution in [1.82, 2.24) is 9.13 Å². The third kappa shape index (κ3) is 1.88. The lowest BCUT2D eigenvalue weighted by molar-refractivity contribution is 0.249. The summed E-state index contributed by atoms with van der Waals surface area (Å²) in [7, 11) is 0. The Labute approximate surface area is 92.3 Å². The van der Waals surface area contributed by atoms with E-state index in [4.69, 9.17) is 11.1 Å². The van der Waals surface area contributed by atoms with Crippen molar-refractivity contribution >= 4 is 6.03 Å². The molecule has 0 unspecified atom stereocenters. The number of benzene rings is 1. The summed E-state index contributed by atoms with van der Waals surface area (Å²) in [6.45, 7) is 0.556. The average molecular weight is 216 g/mol. The third-order valence-electron chi connectivity index (χ3n) is 2.33. The number of primary amides is 1. The molecule has 2 rings (SSSR count). The van der Waals surface area contributed by atoms with Crippen LogP contribution in [-0.2, 0) is 6.54 Å². The first-order valence-electron chi connectivity index (χ1n) is 4.84. The highest BCUT2D eigenvalue weighted by Gasteiger charge is 2.04. The summed E-state index contributed by atoms with van der Waals surface area (Å²) in [5.41, 5.74) is 6.26. The van der Waals surface area contributed by atoms with Gasteiger partial charge in [0.05, 0.1) is 6.54 Å². The average Bonchev–Trinajstić information content (AvgIpc) is 2.62. The van der Waals surface area contributed by atoms with Gasteiger partial charge in [0.15, 0.2) is 0 Å². The summed E-state index contributed by atoms with van der Waals surface area (Å²) in [6, 6.07) is 9.10. The van der Waals surface area contributed by atoms with Crippen LogP contribution in [0.3, 0.4) is 0 Å². The van der Waals surface area contributed by atoms with Crippen molar-refractivity contribution in [1.29, 1.82) is 5.41 Å². The predicted molar refractivity (Wildman–Crippen MR) is 58.8 cm³/mol. The zero-order chi connectivity index (χ0) is 11.5. The van der Waals surface area contributed by atoms with Gasteiger partial charge in [-0.2, -0.15) is 0 Å². The fourth-order valence-electron chi connectivity index (χ4n) is 1.51. The third-order valence-corrected chi connectivity index (χ3v) is 2.33. The SMILES string of the molecule is N=c1n(Cc2ccccc2)ccn1C(N)=O. The molecule has 0 bridgehead atoms. The van der Waals surface area contributed by atoms with Gasteiger partial charge in [0.25, 0.3) is 0 Å². The number of hydrogen-bond donors (Lipinski definition) is 2. The summed E-state index contributed by atoms with van der Waals surface area (Å²) < 4.78 is 2.75. The van der Waals surface area contributed by atoms with E-state index in [0.717, 1.165) is 10.1 Å². The Morgan fingerprint density at radius 3 is 2.50 bits per heavy atom. The highest BCUT2D eigenvalue weighted by Crippen LogP contribution is 2.00. The van der Waals surface area contributed by atoms with Gasteiger partial charge < -0.3 is 10.3 Å². The van der Waals surface area contributed by atoms with E-state index in [1.54, 1.807) is 10.8 Å². The first kappa shape index (κ1) is 10.2. The minimum atomic E-state index is -0.642. The normalized spacial score (nSPS) is 10.2. The van der Waals surface area contributed by atoms with E-state index in [-0.39, 0.29) is 5.62 Å². The van der Waals surface area contributed by atoms with Crippen LogP contribution in [0, 0.1) is 5.41 Å². The van der Waals surface area contributed by atoms with Gasteiger partial charge in [-0.05, 0) is 5.56 Å². The second-order valence-corrected chi connectivity index (χ2v) is 3.44. The lowest BCUT2D eigenvalue weighted by atomic mass is 10.2. The number of aromatic nitrogens is 2. The van der Waals surface area contributed by atoms with Crippen LogP contribution in [0.25, 0.3) is 0 Å². The van der Waals surface area contributed by atoms with Crippen LogP contribution in [0.2, 0.25) is 0 Å². The predicted octanol–water partition coefficient (Wildman–Crippen LogP) is 0.744. The van der Waals surface area contributed by atoms with Crippen molar-refractivity contribution in [2.75, 3.05) is 0 Å². The monoisotopic (exact) mass is 216 g/mol. The number of nitrogens with two attached hydrogens (primary N) is 1. The lowest BCUT2D eigenvalue weighted by Crippen LogP contribution is -2.32. The summed E-state index contributed by atoms with van der Waals surface area (Å²) in [5, 5.41) is 7.73. The molecule has 0 aliphatic heterocycles. The van der Waals surface area contributed by atoms with Gasteiger partial charge in [-0.3, -0.25) is 5.41 Å². The molecule has 0 atom stereocenters. The Kier molecular flexibility index (Phi) is 2.59. The van der Waals surface area contributed by atoms with E-state index >= 15 is 0 Å². The second kappa shape index (κ2) is 4.06. The minimum Gasteiger partial charge on any atom is -0.351 e. The molecule has 5 nitrogen and oxygen atoms in total. The van der Waals surface area contributed by atoms with Crippen molar-refractivity contribution in [2.24, 2.45) is 5.73 Å². The van der Waals surface area contributed by atoms with Crippen LogP contribution in [0.15, 0.2) is 42.7 Å². The summed E-state index contributed by atoms with van der Waals surface area (Å²) in [6.07, 6.45) is 3.16. The minimum absolute atomic E-state index is 0.0800. The van der Waals surface area contributed by atoms with E-state index in [1.165, 1.54) is 6.20 Å². The van der Waals surface area contributed by atoms with Crippen molar-refractivity contribution in [2.45, 2.75) is 6.54 Å². The molecule has 0 saturated heterocycles. The van der Waals surface area contributed by atoms with Gasteiger partial charge in [-0.1, -0.05) is 30.3 Å². The maximum absolute atomic E-state index is 10.9. The van der Waals surface area contributed by atoms with Crippen LogP contribution < -0.4 is 11.4 Å². The number of carbonyl (C=O) groups excluding carboxylic acids is 1. The molecule has 3 N–H and O–H groups in total. The molecule has 0 radical (unpaired) electrons. The number of hydrogen-bond acceptors (Lipinski definition) is 2. The molecule has 5 heteroatoms. The van der Waals surface area contributed by atoms with Gasteiger partial charge in [0.1, 0.15) is 0 Å². The maximum Gasteiger partial charge on any atom is 0.325 e. The molecular weight excluding hydrogens is 204 g/mol. The van der Waals surface area contributed by atoms with E-state index < -0.39 is 6.03 Å². The molecule has 1 aromatic heterocycles. The highest BCUT2D eigenvalue weighted by molar-refractivity contribution is 5.74. The topological polar surface area (TPSA) is 76.8 Å². The molecule has 1 aromatic carbocycles. The fraction of sp³-hybridized carbons (Fsp3) is 0.0909. The van der Waals surface area contributed by atoms with E-state index in [9.17, 15) is 4.79 Å². The Hall–Kier alpha value is -2.30. The van der Waals surface area contributed by atoms with E-state index in [1.807, 2.05) is 30.3 Å². The molecule has 0 spiro atoms. The molecule has 16 heavy (non-hydrogen) atoms. The molecule has 1 amide bonds. The number of rotatable bonds is 2. The van der Waals surface area contributed by atoms with Crippen LogP contribution in [-0.4, -0.2) is 15.2 Å². The molecule has 0 saturated carbocycles. The van der Waals surface area contributed by atoms with Crippen LogP contribution in [0.5, 0.6) is 0 Å². The van der Waals surface area contributed by atoms with Gasteiger partial charge in [0.2, 0.25) is 5.62 Å². The molecule has 0 fully saturated rings. The van der Waals surface area contributed by atoms with Crippen LogP contribution in [0.4, 0.5) is 4.79 Å². The Morgan fingerprint density at radius 1 is 1.25 bits per heavy atom. The van der Waals surface area contributed by atoms with Gasteiger partial charge in [-0.25, -0.2) is 9.36 Å². The Bertz CT molecular complexity index is 553. The molecule has 1 heterocycles. The zero-order valence-electron chi connectivity index (χ0n) is 8.63. The first-order chi connectivity index (χ1) is 7.68. The van der Waals surface area contributed by atoms with Crippen molar-refractivity contribution in [3.05, 3.63) is 53.9 Å². The first-order valence-corrected chi connectivity index (χ1v) is 4.84. The zero-order valence-corrected chi connectivity index (χ0v) is 8.63. The van der Waals surface area contributed by atoms with Gasteiger partial charge in [-0.15, -0.1) is 0 Å². The maximum atomic E-state index is 10.9. The number of nitrogens with zero attached hydrogens (tertiary/aromatic N) is 2. The van der Waals surface area contributed by atoms with Gasteiger partial charge >= 0.3 is 6.03 Å². The smallest absolute Gasteiger partial charge is 0.325 e. The van der Waals surface area contributed by atoms with Crippen LogP contribution in [0.1, 0.15) is 5.56 Å². The number of nitrogens with one attached hydrogen (secondary N) is 1. The largest absolute Gasteiger partial charge is 0.351 e. The lowest BCUT2D eigenvalue weighted by Gasteiger charge is -2.02. The Balaban J connectivity index is 2.30. The summed E-state index contributed by atoms with van der Waals surface area (Å²) in [4.78, 5) is 10.9. The Morgan fingerprint density at radius 2 is 1.94 bits per heavy atom. The molecule has 2 aromatic rings. The molecule has 0 aliphatic rings. The summed E-state index contributed by atoms with van der Waals surface area (Å²) >= 11 is 0. The quantitative estimate of drug-likeness (QED) is 0.763. The fourth-order valence-corrected chi connectivity index (χ4v) is 1.51. The highest BCUT2D eigenvalue weighted by atomic mass is 16.2. The second-order valence-electron chi connectivity index (χ2n) is 3.44. The number of amides is 1. The van der Waals surface area contributed by atoms with E-state index in [0.29, 0.717) is 6.54 Å². The van der Waals surface area contributed by atoms with Crippen molar-refractivity contribution in [3.63, 3.8) is 0 Å². The molecule has 0 aliphatic carbocycles. The van der Waals surface area contributed by atoms with Gasteiger partial charge in [0, 0.05) is 12.4 Å². The van der Waals surface area contributed by atoms with Crippen LogP contribution >= 0.6 is 0 Å². The molecular formula is C11H12N4O. The number of carbonyl (C=O) groups is 1.